The summed E-state index contributed by atoms with van der Waals surface area (Å²) in [5.41, 5.74) is 7.91. The molecule has 1 aromatic carbocycles. The van der Waals surface area contributed by atoms with Crippen LogP contribution in [0.1, 0.15) is 60.8 Å². The average molecular weight is 257 g/mol. The lowest BCUT2D eigenvalue weighted by Gasteiger charge is -2.35. The summed E-state index contributed by atoms with van der Waals surface area (Å²) in [6.07, 6.45) is 11.0. The second kappa shape index (κ2) is 5.19. The van der Waals surface area contributed by atoms with Crippen LogP contribution in [0.5, 0.6) is 0 Å². The summed E-state index contributed by atoms with van der Waals surface area (Å²) in [4.78, 5) is 2.58. The van der Waals surface area contributed by atoms with Gasteiger partial charge in [0.15, 0.2) is 0 Å². The van der Waals surface area contributed by atoms with Gasteiger partial charge in [0.05, 0.1) is 0 Å². The number of hydrogen-bond donors (Lipinski definition) is 0. The van der Waals surface area contributed by atoms with Crippen LogP contribution in [0.4, 0.5) is 5.69 Å². The van der Waals surface area contributed by atoms with E-state index in [2.05, 4.69) is 31.9 Å². The van der Waals surface area contributed by atoms with Gasteiger partial charge in [0.25, 0.3) is 0 Å². The van der Waals surface area contributed by atoms with Crippen LogP contribution in [0.15, 0.2) is 6.07 Å². The zero-order chi connectivity index (χ0) is 13.4. The highest BCUT2D eigenvalue weighted by molar-refractivity contribution is 5.62. The average Bonchev–Trinajstić information content (AvgIpc) is 2.93. The Hall–Kier alpha value is -0.980. The molecule has 0 heterocycles. The molecule has 0 saturated heterocycles. The molecule has 3 rings (SSSR count). The molecule has 1 heteroatoms. The van der Waals surface area contributed by atoms with Crippen LogP contribution < -0.4 is 4.90 Å². The zero-order valence-electron chi connectivity index (χ0n) is 12.8. The fourth-order valence-electron chi connectivity index (χ4n) is 4.18. The van der Waals surface area contributed by atoms with Gasteiger partial charge in [0.2, 0.25) is 0 Å². The molecule has 0 N–H and O–H groups in total. The van der Waals surface area contributed by atoms with Gasteiger partial charge in [0, 0.05) is 18.8 Å². The summed E-state index contributed by atoms with van der Waals surface area (Å²) < 4.78 is 0. The first kappa shape index (κ1) is 13.0. The van der Waals surface area contributed by atoms with E-state index in [0.717, 1.165) is 6.04 Å². The first-order valence-electron chi connectivity index (χ1n) is 8.03. The van der Waals surface area contributed by atoms with Crippen LogP contribution in [-0.4, -0.2) is 13.1 Å². The smallest absolute Gasteiger partial charge is 0.0401 e. The number of anilines is 1. The van der Waals surface area contributed by atoms with E-state index in [1.807, 2.05) is 0 Å². The molecule has 0 amide bonds. The number of aryl methyl sites for hydroxylation is 1. The van der Waals surface area contributed by atoms with E-state index < -0.39 is 0 Å². The van der Waals surface area contributed by atoms with E-state index in [1.165, 1.54) is 62.6 Å². The molecular formula is C18H27N. The molecule has 1 nitrogen and oxygen atoms in total. The van der Waals surface area contributed by atoms with Crippen LogP contribution in [0.3, 0.4) is 0 Å². The second-order valence-corrected chi connectivity index (χ2v) is 6.55. The highest BCUT2D eigenvalue weighted by atomic mass is 15.1. The minimum Gasteiger partial charge on any atom is -0.371 e. The van der Waals surface area contributed by atoms with Crippen LogP contribution in [-0.2, 0) is 12.8 Å². The Morgan fingerprint density at radius 3 is 2.37 bits per heavy atom. The van der Waals surface area contributed by atoms with Crippen LogP contribution in [0.2, 0.25) is 0 Å². The van der Waals surface area contributed by atoms with Crippen molar-refractivity contribution in [2.75, 3.05) is 11.9 Å². The Labute approximate surface area is 118 Å². The molecule has 19 heavy (non-hydrogen) atoms. The van der Waals surface area contributed by atoms with Crippen molar-refractivity contribution < 1.29 is 0 Å². The third-order valence-corrected chi connectivity index (χ3v) is 5.39. The van der Waals surface area contributed by atoms with Crippen molar-refractivity contribution >= 4 is 5.69 Å². The maximum atomic E-state index is 2.58. The predicted molar refractivity (Wildman–Crippen MR) is 83.2 cm³/mol. The number of rotatable bonds is 2. The van der Waals surface area contributed by atoms with E-state index in [-0.39, 0.29) is 0 Å². The highest BCUT2D eigenvalue weighted by Gasteiger charge is 2.23. The van der Waals surface area contributed by atoms with Crippen LogP contribution in [0, 0.1) is 13.8 Å². The maximum absolute atomic E-state index is 2.58. The van der Waals surface area contributed by atoms with Gasteiger partial charge in [-0.3, -0.25) is 0 Å². The van der Waals surface area contributed by atoms with Gasteiger partial charge >= 0.3 is 0 Å². The number of fused-ring (bicyclic) bond motifs is 1. The fraction of sp³-hybridized carbons (Fsp3) is 0.667. The van der Waals surface area contributed by atoms with Crippen molar-refractivity contribution in [1.82, 2.24) is 0 Å². The quantitative estimate of drug-likeness (QED) is 0.750. The van der Waals surface area contributed by atoms with Gasteiger partial charge in [-0.25, -0.2) is 0 Å². The molecule has 0 bridgehead atoms. The third kappa shape index (κ3) is 2.28. The Bertz CT molecular complexity index is 469. The van der Waals surface area contributed by atoms with Crippen molar-refractivity contribution in [2.24, 2.45) is 0 Å². The van der Waals surface area contributed by atoms with Crippen molar-refractivity contribution in [3.05, 3.63) is 28.3 Å². The summed E-state index contributed by atoms with van der Waals surface area (Å²) in [5.74, 6) is 0. The minimum absolute atomic E-state index is 0.770. The van der Waals surface area contributed by atoms with Crippen molar-refractivity contribution in [3.8, 4) is 0 Å². The van der Waals surface area contributed by atoms with Gasteiger partial charge in [0.1, 0.15) is 0 Å². The Morgan fingerprint density at radius 2 is 1.63 bits per heavy atom. The van der Waals surface area contributed by atoms with E-state index in [0.29, 0.717) is 0 Å². The molecule has 104 valence electrons. The number of nitrogens with zero attached hydrogens (tertiary/aromatic N) is 1. The molecule has 1 aromatic rings. The third-order valence-electron chi connectivity index (χ3n) is 5.39. The monoisotopic (exact) mass is 257 g/mol. The van der Waals surface area contributed by atoms with Gasteiger partial charge in [-0.2, -0.15) is 0 Å². The number of benzene rings is 1. The van der Waals surface area contributed by atoms with E-state index in [1.54, 1.807) is 16.7 Å². The normalized spacial score (nSPS) is 19.5. The Balaban J connectivity index is 1.94. The highest BCUT2D eigenvalue weighted by Crippen LogP contribution is 2.36. The second-order valence-electron chi connectivity index (χ2n) is 6.55. The maximum Gasteiger partial charge on any atom is 0.0401 e. The fourth-order valence-corrected chi connectivity index (χ4v) is 4.18. The van der Waals surface area contributed by atoms with E-state index >= 15 is 0 Å². The Morgan fingerprint density at radius 1 is 0.947 bits per heavy atom. The van der Waals surface area contributed by atoms with E-state index in [4.69, 9.17) is 0 Å². The van der Waals surface area contributed by atoms with Gasteiger partial charge < -0.3 is 4.90 Å². The topological polar surface area (TPSA) is 3.24 Å². The van der Waals surface area contributed by atoms with Crippen molar-refractivity contribution in [2.45, 2.75) is 71.3 Å². The van der Waals surface area contributed by atoms with E-state index in [9.17, 15) is 0 Å². The van der Waals surface area contributed by atoms with Crippen LogP contribution >= 0.6 is 0 Å². The molecule has 2 aliphatic carbocycles. The lowest BCUT2D eigenvalue weighted by molar-refractivity contribution is 0.427. The molecule has 0 aromatic heterocycles. The van der Waals surface area contributed by atoms with Crippen LogP contribution in [0.25, 0.3) is 0 Å². The zero-order valence-corrected chi connectivity index (χ0v) is 12.8. The summed E-state index contributed by atoms with van der Waals surface area (Å²) in [6.45, 7) is 4.65. The molecule has 0 unspecified atom stereocenters. The minimum atomic E-state index is 0.770. The van der Waals surface area contributed by atoms with Crippen molar-refractivity contribution in [1.29, 1.82) is 0 Å². The summed E-state index contributed by atoms with van der Waals surface area (Å²) >= 11 is 0. The molecule has 1 saturated carbocycles. The lowest BCUT2D eigenvalue weighted by atomic mass is 9.92. The van der Waals surface area contributed by atoms with Gasteiger partial charge in [-0.05, 0) is 74.3 Å². The molecule has 0 radical (unpaired) electrons. The number of hydrogen-bond acceptors (Lipinski definition) is 1. The SMILES string of the molecule is Cc1cc(N(C)C2CCCCC2)c(C)c2c1CCC2. The molecular weight excluding hydrogens is 230 g/mol. The lowest BCUT2D eigenvalue weighted by Crippen LogP contribution is -2.34. The first-order chi connectivity index (χ1) is 9.18. The summed E-state index contributed by atoms with van der Waals surface area (Å²) in [7, 11) is 2.32. The molecule has 0 spiro atoms. The van der Waals surface area contributed by atoms with Crippen molar-refractivity contribution in [3.63, 3.8) is 0 Å². The molecule has 0 atom stereocenters. The van der Waals surface area contributed by atoms with Gasteiger partial charge in [-0.15, -0.1) is 0 Å². The largest absolute Gasteiger partial charge is 0.371 e. The molecule has 1 fully saturated rings. The van der Waals surface area contributed by atoms with Gasteiger partial charge in [-0.1, -0.05) is 19.3 Å². The standard InChI is InChI=1S/C18H27N/c1-13-12-18(14(2)17-11-7-10-16(13)17)19(3)15-8-5-4-6-9-15/h12,15H,4-11H2,1-3H3. The molecule has 0 aliphatic heterocycles. The Kier molecular flexibility index (Phi) is 3.56. The molecule has 2 aliphatic rings. The summed E-state index contributed by atoms with van der Waals surface area (Å²) in [6, 6.07) is 3.22. The summed E-state index contributed by atoms with van der Waals surface area (Å²) in [5, 5.41) is 0. The first-order valence-corrected chi connectivity index (χ1v) is 8.03. The predicted octanol–water partition coefficient (Wildman–Crippen LogP) is 4.56.